The zero-order valence-corrected chi connectivity index (χ0v) is 11.5. The molecule has 1 fully saturated rings. The number of carbonyl (C=O) groups excluding carboxylic acids is 1. The van der Waals surface area contributed by atoms with Crippen molar-refractivity contribution in [3.05, 3.63) is 35.5 Å². The van der Waals surface area contributed by atoms with Crippen molar-refractivity contribution in [3.63, 3.8) is 0 Å². The summed E-state index contributed by atoms with van der Waals surface area (Å²) in [6, 6.07) is -4.25. The van der Waals surface area contributed by atoms with E-state index in [4.69, 9.17) is 15.2 Å². The number of aryl methyl sites for hydroxylation is 1. The Morgan fingerprint density at radius 2 is 2.48 bits per heavy atom. The second kappa shape index (κ2) is 5.77. The van der Waals surface area contributed by atoms with Crippen LogP contribution >= 0.6 is 0 Å². The number of benzene rings is 1. The molecular formula is C16H21N3O2. The van der Waals surface area contributed by atoms with E-state index >= 15 is 0 Å². The van der Waals surface area contributed by atoms with Gasteiger partial charge in [0.15, 0.2) is 2.82 Å². The normalized spacial score (nSPS) is 30.0. The average molecular weight is 298 g/mol. The molecule has 1 aromatic heterocycles. The molecule has 1 saturated heterocycles. The molecule has 1 amide bonds. The lowest BCUT2D eigenvalue weighted by molar-refractivity contribution is 0.177. The van der Waals surface area contributed by atoms with Crippen molar-refractivity contribution in [2.45, 2.75) is 18.8 Å². The molecular weight excluding hydrogens is 266 g/mol. The number of likely N-dealkylation sites (N-methyl/N-ethyl adjacent to an activating group) is 1. The fourth-order valence-electron chi connectivity index (χ4n) is 1.85. The third-order valence-electron chi connectivity index (χ3n) is 2.82. The molecule has 21 heavy (non-hydrogen) atoms. The maximum absolute atomic E-state index is 11.7. The summed E-state index contributed by atoms with van der Waals surface area (Å²) in [5, 5.41) is -0.165. The molecule has 0 unspecified atom stereocenters. The summed E-state index contributed by atoms with van der Waals surface area (Å²) in [6.07, 6.45) is -3.58. The van der Waals surface area contributed by atoms with E-state index in [2.05, 4.69) is 4.74 Å². The van der Waals surface area contributed by atoms with Gasteiger partial charge in [0.1, 0.15) is 6.56 Å². The van der Waals surface area contributed by atoms with Gasteiger partial charge in [0.05, 0.1) is 12.9 Å². The lowest BCUT2D eigenvalue weighted by Crippen LogP contribution is -2.28. The highest BCUT2D eigenvalue weighted by Crippen LogP contribution is 2.21. The first-order valence-electron chi connectivity index (χ1n) is 11.7. The summed E-state index contributed by atoms with van der Waals surface area (Å²) in [5.74, 6) is 0. The number of alkyl carbamates (subject to hydrolysis) is 1. The molecule has 2 N–H and O–H groups in total. The molecule has 0 spiro atoms. The molecule has 5 heteroatoms. The number of fused-ring (bicyclic) bond motifs is 1. The number of cyclic esters (lactones) is 1. The van der Waals surface area contributed by atoms with E-state index in [1.54, 1.807) is 0 Å². The lowest BCUT2D eigenvalue weighted by Gasteiger charge is -2.09. The Labute approximate surface area is 139 Å². The topological polar surface area (TPSA) is 57.4 Å². The summed E-state index contributed by atoms with van der Waals surface area (Å²) < 4.78 is 94.4. The highest BCUT2D eigenvalue weighted by Gasteiger charge is 2.22. The number of amides is 1. The zero-order valence-electron chi connectivity index (χ0n) is 22.5. The molecule has 0 radical (unpaired) electrons. The van der Waals surface area contributed by atoms with E-state index in [-0.39, 0.29) is 28.2 Å². The van der Waals surface area contributed by atoms with Crippen molar-refractivity contribution < 1.29 is 24.7 Å². The van der Waals surface area contributed by atoms with Crippen molar-refractivity contribution in [2.24, 2.45) is 0 Å². The van der Waals surface area contributed by atoms with E-state index < -0.39 is 55.3 Å². The zero-order chi connectivity index (χ0) is 24.5. The number of hydrogen-bond donors (Lipinski definition) is 2. The van der Waals surface area contributed by atoms with Gasteiger partial charge in [0, 0.05) is 29.1 Å². The Morgan fingerprint density at radius 3 is 3.19 bits per heavy atom. The van der Waals surface area contributed by atoms with Gasteiger partial charge in [0.25, 0.3) is 0 Å². The first-order valence-corrected chi connectivity index (χ1v) is 6.27. The number of aromatic nitrogens is 1. The van der Waals surface area contributed by atoms with Crippen LogP contribution in [-0.2, 0) is 17.5 Å². The molecule has 2 aromatic rings. The molecule has 1 atom stereocenters. The van der Waals surface area contributed by atoms with E-state index in [1.807, 2.05) is 0 Å². The number of ether oxygens (including phenoxy) is 1. The van der Waals surface area contributed by atoms with Crippen LogP contribution in [-0.4, -0.2) is 49.2 Å². The minimum Gasteiger partial charge on any atom is -0.447 e. The molecule has 112 valence electrons. The van der Waals surface area contributed by atoms with Crippen LogP contribution in [0.15, 0.2) is 24.3 Å². The molecule has 1 aliphatic heterocycles. The monoisotopic (exact) mass is 298 g/mol. The SMILES string of the molecule is [2H]c1c(C([2H])([2H])[C@@H]2N([2H])C(=O)OC2([2H])[2H])c([2H])c2c(CC([2H])([2H])N(C)C)cn([2H])c2c1[2H]. The van der Waals surface area contributed by atoms with E-state index in [0.29, 0.717) is 4.98 Å². The van der Waals surface area contributed by atoms with Gasteiger partial charge in [-0.2, -0.15) is 0 Å². The smallest absolute Gasteiger partial charge is 0.407 e. The molecule has 1 aromatic carbocycles. The van der Waals surface area contributed by atoms with Crippen molar-refractivity contribution in [1.29, 1.82) is 0 Å². The van der Waals surface area contributed by atoms with Crippen LogP contribution in [0.1, 0.15) is 23.5 Å². The Hall–Kier alpha value is -2.01. The number of H-pyrrole nitrogens is 1. The van der Waals surface area contributed by atoms with Crippen LogP contribution in [0.4, 0.5) is 4.79 Å². The van der Waals surface area contributed by atoms with Crippen LogP contribution in [0.5, 0.6) is 0 Å². The number of nitrogens with one attached hydrogen (secondary N) is 2. The number of aromatic amines is 1. The number of rotatable bonds is 5. The Kier molecular flexibility index (Phi) is 1.65. The van der Waals surface area contributed by atoms with Crippen LogP contribution in [0.2, 0.25) is 2.82 Å². The van der Waals surface area contributed by atoms with Gasteiger partial charge in [-0.3, -0.25) is 0 Å². The van der Waals surface area contributed by atoms with Gasteiger partial charge < -0.3 is 19.9 Å². The summed E-state index contributed by atoms with van der Waals surface area (Å²) in [4.78, 5) is 13.7. The summed E-state index contributed by atoms with van der Waals surface area (Å²) in [7, 11) is 2.98. The summed E-state index contributed by atoms with van der Waals surface area (Å²) in [6.45, 7) is -4.87. The summed E-state index contributed by atoms with van der Waals surface area (Å²) in [5.41, 5.74) is -0.834. The highest BCUT2D eigenvalue weighted by atomic mass is 16.6. The molecule has 3 rings (SSSR count). The molecule has 0 aliphatic carbocycles. The predicted octanol–water partition coefficient (Wildman–Crippen LogP) is 1.92. The van der Waals surface area contributed by atoms with Gasteiger partial charge in [-0.1, -0.05) is 6.04 Å². The summed E-state index contributed by atoms with van der Waals surface area (Å²) >= 11 is 0. The number of nitrogens with zero attached hydrogens (tertiary/aromatic N) is 1. The Morgan fingerprint density at radius 1 is 1.62 bits per heavy atom. The number of carbonyl (C=O) groups is 1. The highest BCUT2D eigenvalue weighted by molar-refractivity contribution is 5.84. The molecule has 5 nitrogen and oxygen atoms in total. The lowest BCUT2D eigenvalue weighted by atomic mass is 10.0. The van der Waals surface area contributed by atoms with Gasteiger partial charge in [-0.05, 0) is 50.1 Å². The van der Waals surface area contributed by atoms with Crippen molar-refractivity contribution in [3.8, 4) is 0 Å². The largest absolute Gasteiger partial charge is 0.447 e. The van der Waals surface area contributed by atoms with Crippen molar-refractivity contribution in [1.82, 2.24) is 15.2 Å². The van der Waals surface area contributed by atoms with Crippen LogP contribution in [0, 0.1) is 0 Å². The second-order valence-corrected chi connectivity index (χ2v) is 4.65. The van der Waals surface area contributed by atoms with Crippen molar-refractivity contribution >= 4 is 17.0 Å². The van der Waals surface area contributed by atoms with E-state index in [1.165, 1.54) is 25.2 Å². The minimum atomic E-state index is -3.00. The first-order chi connectivity index (χ1) is 14.4. The number of hydrogen-bond acceptors (Lipinski definition) is 3. The molecule has 0 saturated carbocycles. The Bertz CT molecular complexity index is 1100. The predicted molar refractivity (Wildman–Crippen MR) is 82.5 cm³/mol. The van der Waals surface area contributed by atoms with Gasteiger partial charge in [-0.25, -0.2) is 4.79 Å². The standard InChI is InChI=1S/C16H21N3O2/c1-19(2)6-5-12-9-17-15-4-3-11(8-14(12)15)7-13-10-21-16(20)18-13/h3-4,8-9,13,17H,5-7,10H2,1-2H3,(H,18,20)/t13-/m0/s1/i3D,4D,6D2,7D2,8D,10D2/hD2. The van der Waals surface area contributed by atoms with Crippen molar-refractivity contribution in [2.75, 3.05) is 27.2 Å². The van der Waals surface area contributed by atoms with Gasteiger partial charge >= 0.3 is 6.09 Å². The van der Waals surface area contributed by atoms with Crippen LogP contribution in [0.25, 0.3) is 10.9 Å². The minimum absolute atomic E-state index is 0.0338. The maximum atomic E-state index is 11.7. The third-order valence-corrected chi connectivity index (χ3v) is 2.82. The third kappa shape index (κ3) is 3.19. The Balaban J connectivity index is 2.32. The van der Waals surface area contributed by atoms with Gasteiger partial charge in [0.2, 0.25) is 0 Å². The molecule has 0 bridgehead atoms. The molecule has 1 aliphatic rings. The van der Waals surface area contributed by atoms with Gasteiger partial charge in [-0.15, -0.1) is 0 Å². The second-order valence-electron chi connectivity index (χ2n) is 4.65. The van der Waals surface area contributed by atoms with Crippen LogP contribution < -0.4 is 5.31 Å². The van der Waals surface area contributed by atoms with Crippen LogP contribution in [0.3, 0.4) is 0 Å². The fourth-order valence-corrected chi connectivity index (χ4v) is 1.85. The average Bonchev–Trinajstić information content (AvgIpc) is 3.04. The first kappa shape index (κ1) is 6.01. The van der Waals surface area contributed by atoms with E-state index in [0.717, 1.165) is 0 Å². The van der Waals surface area contributed by atoms with E-state index in [9.17, 15) is 4.79 Å². The maximum Gasteiger partial charge on any atom is 0.407 e. The fraction of sp³-hybridized carbons (Fsp3) is 0.438. The quantitative estimate of drug-likeness (QED) is 0.887. The molecule has 2 heterocycles.